The van der Waals surface area contributed by atoms with Gasteiger partial charge in [-0.3, -0.25) is 14.9 Å². The number of likely N-dealkylation sites (tertiary alicyclic amines) is 1. The lowest BCUT2D eigenvalue weighted by Gasteiger charge is -2.56. The molecule has 6 rings (SSSR count). The van der Waals surface area contributed by atoms with E-state index < -0.39 is 0 Å². The summed E-state index contributed by atoms with van der Waals surface area (Å²) in [5, 5.41) is 5.78. The molecule has 4 aliphatic carbocycles. The van der Waals surface area contributed by atoms with Gasteiger partial charge in [-0.2, -0.15) is 0 Å². The standard InChI is InChI=1S/C24H38N4O4/c29-21(25-23(31)26-24-13-17-10-18(14-24)12-19(11-17)15-24)3-5-27-4-1-2-20(16-27)22(30)28-6-8-32-9-7-28/h17-20H,1-16H2,(H2,25,26,29,31)/t17?,18?,19?,20-,24?/m0/s1. The third-order valence-electron chi connectivity index (χ3n) is 8.50. The minimum absolute atomic E-state index is 0.00398. The average Bonchev–Trinajstić information content (AvgIpc) is 2.76. The molecule has 1 atom stereocenters. The minimum Gasteiger partial charge on any atom is -0.378 e. The number of carbonyl (C=O) groups is 3. The maximum Gasteiger partial charge on any atom is 0.321 e. The van der Waals surface area contributed by atoms with Crippen molar-refractivity contribution in [1.82, 2.24) is 20.4 Å². The minimum atomic E-state index is -0.323. The first-order valence-corrected chi connectivity index (χ1v) is 12.7. The van der Waals surface area contributed by atoms with E-state index in [1.54, 1.807) is 0 Å². The van der Waals surface area contributed by atoms with Crippen LogP contribution in [0.3, 0.4) is 0 Å². The van der Waals surface area contributed by atoms with E-state index in [0.29, 0.717) is 39.4 Å². The highest BCUT2D eigenvalue weighted by molar-refractivity contribution is 5.94. The molecule has 0 spiro atoms. The fourth-order valence-electron chi connectivity index (χ4n) is 7.49. The molecule has 2 saturated heterocycles. The second kappa shape index (κ2) is 9.29. The van der Waals surface area contributed by atoms with Crippen LogP contribution in [-0.2, 0) is 14.3 Å². The van der Waals surface area contributed by atoms with Gasteiger partial charge in [0, 0.05) is 38.1 Å². The number of piperidine rings is 1. The molecule has 4 saturated carbocycles. The lowest BCUT2D eigenvalue weighted by Crippen LogP contribution is -2.61. The van der Waals surface area contributed by atoms with E-state index in [1.807, 2.05) is 4.90 Å². The third kappa shape index (κ3) is 4.96. The quantitative estimate of drug-likeness (QED) is 0.671. The predicted molar refractivity (Wildman–Crippen MR) is 119 cm³/mol. The van der Waals surface area contributed by atoms with Gasteiger partial charge < -0.3 is 19.9 Å². The molecule has 4 amide bonds. The van der Waals surface area contributed by atoms with Crippen molar-refractivity contribution in [2.24, 2.45) is 23.7 Å². The Kier molecular flexibility index (Phi) is 6.43. The molecule has 178 valence electrons. The summed E-state index contributed by atoms with van der Waals surface area (Å²) in [7, 11) is 0. The van der Waals surface area contributed by atoms with Crippen LogP contribution in [0.15, 0.2) is 0 Å². The van der Waals surface area contributed by atoms with Crippen LogP contribution in [0.25, 0.3) is 0 Å². The smallest absolute Gasteiger partial charge is 0.321 e. The number of imide groups is 1. The molecule has 2 heterocycles. The maximum absolute atomic E-state index is 12.8. The zero-order chi connectivity index (χ0) is 22.1. The number of nitrogens with one attached hydrogen (secondary N) is 2. The molecule has 8 nitrogen and oxygen atoms in total. The molecular weight excluding hydrogens is 408 g/mol. The monoisotopic (exact) mass is 446 g/mol. The van der Waals surface area contributed by atoms with Crippen LogP contribution in [-0.4, -0.2) is 79.1 Å². The van der Waals surface area contributed by atoms with Crippen molar-refractivity contribution >= 4 is 17.8 Å². The van der Waals surface area contributed by atoms with Gasteiger partial charge in [-0.15, -0.1) is 0 Å². The number of nitrogens with zero attached hydrogens (tertiary/aromatic N) is 2. The molecule has 0 aromatic heterocycles. The van der Waals surface area contributed by atoms with Crippen molar-refractivity contribution < 1.29 is 19.1 Å². The third-order valence-corrected chi connectivity index (χ3v) is 8.50. The Balaban J connectivity index is 1.05. The summed E-state index contributed by atoms with van der Waals surface area (Å²) >= 11 is 0. The molecule has 0 aromatic rings. The lowest BCUT2D eigenvalue weighted by atomic mass is 9.53. The zero-order valence-electron chi connectivity index (χ0n) is 19.2. The molecule has 8 heteroatoms. The van der Waals surface area contributed by atoms with Crippen LogP contribution >= 0.6 is 0 Å². The summed E-state index contributed by atoms with van der Waals surface area (Å²) < 4.78 is 5.35. The van der Waals surface area contributed by atoms with Crippen molar-refractivity contribution in [2.75, 3.05) is 45.9 Å². The van der Waals surface area contributed by atoms with Crippen molar-refractivity contribution in [3.63, 3.8) is 0 Å². The van der Waals surface area contributed by atoms with Crippen LogP contribution in [0, 0.1) is 23.7 Å². The van der Waals surface area contributed by atoms with Gasteiger partial charge in [0.1, 0.15) is 0 Å². The van der Waals surface area contributed by atoms with Crippen LogP contribution in [0.5, 0.6) is 0 Å². The van der Waals surface area contributed by atoms with Crippen molar-refractivity contribution in [3.8, 4) is 0 Å². The van der Waals surface area contributed by atoms with E-state index in [4.69, 9.17) is 4.74 Å². The summed E-state index contributed by atoms with van der Waals surface area (Å²) in [5.74, 6) is 2.26. The largest absolute Gasteiger partial charge is 0.378 e. The number of rotatable bonds is 5. The Morgan fingerprint density at radius 2 is 1.59 bits per heavy atom. The normalized spacial score (nSPS) is 36.7. The number of hydrogen-bond donors (Lipinski definition) is 2. The molecule has 6 aliphatic rings. The van der Waals surface area contributed by atoms with E-state index >= 15 is 0 Å². The Bertz CT molecular complexity index is 700. The number of carbonyl (C=O) groups excluding carboxylic acids is 3. The van der Waals surface area contributed by atoms with Gasteiger partial charge >= 0.3 is 6.03 Å². The van der Waals surface area contributed by atoms with Crippen LogP contribution in [0.2, 0.25) is 0 Å². The number of urea groups is 1. The SMILES string of the molecule is O=C(CCN1CCC[C@H](C(=O)N2CCOCC2)C1)NC(=O)NC12CC3CC(CC(C3)C1)C2. The van der Waals surface area contributed by atoms with Crippen LogP contribution in [0.1, 0.15) is 57.8 Å². The number of amides is 4. The highest BCUT2D eigenvalue weighted by Crippen LogP contribution is 2.55. The summed E-state index contributed by atoms with van der Waals surface area (Å²) in [6.45, 7) is 4.78. The molecule has 0 aromatic carbocycles. The van der Waals surface area contributed by atoms with Gasteiger partial charge in [-0.1, -0.05) is 0 Å². The molecule has 0 unspecified atom stereocenters. The number of ether oxygens (including phenoxy) is 1. The van der Waals surface area contributed by atoms with E-state index in [9.17, 15) is 14.4 Å². The number of hydrogen-bond acceptors (Lipinski definition) is 5. The van der Waals surface area contributed by atoms with Gasteiger partial charge in [0.05, 0.1) is 19.1 Å². The molecule has 0 radical (unpaired) electrons. The Hall–Kier alpha value is -1.67. The van der Waals surface area contributed by atoms with Gasteiger partial charge in [-0.25, -0.2) is 4.79 Å². The Morgan fingerprint density at radius 1 is 0.938 bits per heavy atom. The molecule has 32 heavy (non-hydrogen) atoms. The van der Waals surface area contributed by atoms with E-state index in [0.717, 1.165) is 56.4 Å². The number of morpholine rings is 1. The first-order valence-electron chi connectivity index (χ1n) is 12.7. The fourth-order valence-corrected chi connectivity index (χ4v) is 7.49. The summed E-state index contributed by atoms with van der Waals surface area (Å²) in [6.07, 6.45) is 9.37. The lowest BCUT2D eigenvalue weighted by molar-refractivity contribution is -0.141. The molecule has 6 fully saturated rings. The molecule has 4 bridgehead atoms. The highest BCUT2D eigenvalue weighted by Gasteiger charge is 2.51. The van der Waals surface area contributed by atoms with E-state index in [1.165, 1.54) is 19.3 Å². The first-order chi connectivity index (χ1) is 15.5. The Morgan fingerprint density at radius 3 is 2.25 bits per heavy atom. The average molecular weight is 447 g/mol. The summed E-state index contributed by atoms with van der Waals surface area (Å²) in [6, 6.07) is -0.323. The highest BCUT2D eigenvalue weighted by atomic mass is 16.5. The van der Waals surface area contributed by atoms with Crippen LogP contribution in [0.4, 0.5) is 4.79 Å². The molecule has 2 aliphatic heterocycles. The topological polar surface area (TPSA) is 91.0 Å². The van der Waals surface area contributed by atoms with E-state index in [-0.39, 0.29) is 35.7 Å². The van der Waals surface area contributed by atoms with Gasteiger partial charge in [-0.05, 0) is 75.7 Å². The second-order valence-corrected chi connectivity index (χ2v) is 11.0. The Labute approximate surface area is 190 Å². The van der Waals surface area contributed by atoms with Crippen molar-refractivity contribution in [2.45, 2.75) is 63.3 Å². The van der Waals surface area contributed by atoms with Gasteiger partial charge in [0.2, 0.25) is 11.8 Å². The van der Waals surface area contributed by atoms with Gasteiger partial charge in [0.15, 0.2) is 0 Å². The summed E-state index contributed by atoms with van der Waals surface area (Å²) in [4.78, 5) is 42.0. The van der Waals surface area contributed by atoms with Gasteiger partial charge in [0.25, 0.3) is 0 Å². The van der Waals surface area contributed by atoms with E-state index in [2.05, 4.69) is 15.5 Å². The second-order valence-electron chi connectivity index (χ2n) is 11.0. The van der Waals surface area contributed by atoms with Crippen LogP contribution < -0.4 is 10.6 Å². The van der Waals surface area contributed by atoms with Crippen molar-refractivity contribution in [1.29, 1.82) is 0 Å². The van der Waals surface area contributed by atoms with Crippen molar-refractivity contribution in [3.05, 3.63) is 0 Å². The first kappa shape index (κ1) is 22.1. The predicted octanol–water partition coefficient (Wildman–Crippen LogP) is 1.74. The zero-order valence-corrected chi connectivity index (χ0v) is 19.2. The molecular formula is C24H38N4O4. The fraction of sp³-hybridized carbons (Fsp3) is 0.875. The molecule has 2 N–H and O–H groups in total. The maximum atomic E-state index is 12.8. The summed E-state index contributed by atoms with van der Waals surface area (Å²) in [5.41, 5.74) is -0.0843.